The van der Waals surface area contributed by atoms with Crippen molar-refractivity contribution in [3.05, 3.63) is 0 Å². The Kier molecular flexibility index (Phi) is 17.7. The smallest absolute Gasteiger partial charge is 0.187 e. The van der Waals surface area contributed by atoms with Crippen molar-refractivity contribution < 1.29 is 143 Å². The highest BCUT2D eigenvalue weighted by molar-refractivity contribution is 4.97. The molecule has 29 heteroatoms. The van der Waals surface area contributed by atoms with Gasteiger partial charge in [0.2, 0.25) is 0 Å². The first kappa shape index (κ1) is 51.7. The number of aliphatic hydroxyl groups excluding tert-OH is 15. The van der Waals surface area contributed by atoms with Gasteiger partial charge in [-0.25, -0.2) is 0 Å². The standard InChI is InChI=1S/C36H60O29/c1-52-30-22(47)18(43)13(60-30)6-53-31-23(48)19(44)14(61-31)7-54-32-26(51)27(63-36-29(21(46)12(5-40)59-36)65-34-25(50)17(42)10(3-38)57-34)15(62-32)8-55-35-28(20(45)11(4-39)58-35)64-33-24(49)16(41)9(2-37)56-33/h9-51H,2-8H2,1H3/t9-,10-,11-,12-,13-,14-,15-,16-,17-,18-,19-,20-,21-,22+,23+,24+,25+,26+,27-,28+,29+,30+,31+,32+,33+,34+,35+,36-/m1/s1. The third-order valence-electron chi connectivity index (χ3n) is 12.3. The Labute approximate surface area is 368 Å². The van der Waals surface area contributed by atoms with Gasteiger partial charge in [0.15, 0.2) is 44.0 Å². The maximum Gasteiger partial charge on any atom is 0.187 e. The molecule has 15 N–H and O–H groups in total. The molecule has 0 unspecified atom stereocenters. The number of rotatable bonds is 20. The Hall–Kier alpha value is -1.16. The fraction of sp³-hybridized carbons (Fsp3) is 1.00. The fourth-order valence-corrected chi connectivity index (χ4v) is 8.41. The molecule has 0 aliphatic carbocycles. The van der Waals surface area contributed by atoms with Crippen molar-refractivity contribution in [2.24, 2.45) is 0 Å². The lowest BCUT2D eigenvalue weighted by atomic mass is 10.1. The summed E-state index contributed by atoms with van der Waals surface area (Å²) >= 11 is 0. The summed E-state index contributed by atoms with van der Waals surface area (Å²) in [5.41, 5.74) is 0. The predicted octanol–water partition coefficient (Wildman–Crippen LogP) is -11.1. The maximum atomic E-state index is 11.7. The van der Waals surface area contributed by atoms with Crippen molar-refractivity contribution in [3.8, 4) is 0 Å². The van der Waals surface area contributed by atoms with E-state index in [1.165, 1.54) is 7.11 Å². The van der Waals surface area contributed by atoms with Gasteiger partial charge in [0.05, 0.1) is 46.2 Å². The minimum absolute atomic E-state index is 0.411. The van der Waals surface area contributed by atoms with Gasteiger partial charge < -0.3 is 143 Å². The second-order valence-corrected chi connectivity index (χ2v) is 16.5. The molecule has 378 valence electrons. The predicted molar refractivity (Wildman–Crippen MR) is 195 cm³/mol. The number of hydrogen-bond donors (Lipinski definition) is 15. The van der Waals surface area contributed by atoms with Gasteiger partial charge >= 0.3 is 0 Å². The molecule has 7 saturated heterocycles. The monoisotopic (exact) mass is 956 g/mol. The molecule has 0 aromatic heterocycles. The van der Waals surface area contributed by atoms with E-state index >= 15 is 0 Å². The Morgan fingerprint density at radius 3 is 1.06 bits per heavy atom. The van der Waals surface area contributed by atoms with Gasteiger partial charge in [-0.3, -0.25) is 0 Å². The van der Waals surface area contributed by atoms with E-state index in [0.29, 0.717) is 0 Å². The molecule has 7 heterocycles. The largest absolute Gasteiger partial charge is 0.394 e. The third-order valence-corrected chi connectivity index (χ3v) is 12.3. The molecule has 0 saturated carbocycles. The molecule has 0 amide bonds. The first-order chi connectivity index (χ1) is 31.0. The molecule has 0 radical (unpaired) electrons. The molecule has 0 aromatic rings. The van der Waals surface area contributed by atoms with Crippen molar-refractivity contribution in [1.82, 2.24) is 0 Å². The highest BCUT2D eigenvalue weighted by Crippen LogP contribution is 2.37. The van der Waals surface area contributed by atoms with Gasteiger partial charge in [0, 0.05) is 7.11 Å². The van der Waals surface area contributed by atoms with E-state index in [1.54, 1.807) is 0 Å². The van der Waals surface area contributed by atoms with Crippen LogP contribution in [0, 0.1) is 0 Å². The SMILES string of the molecule is CO[C@H]1O[C@H](CO[C@H]2O[C@H](CO[C@H]3O[C@H](CO[C@H]4O[C@H](CO)[C@@H](O)[C@@H]4O[C@@H]4O[C@H](CO)[C@@H](O)[C@@H]4O)[C@@H](O[C@H]4O[C@H](CO)[C@@H](O)[C@@H]4O[C@@H]4O[C@H](CO)[C@@H](O)[C@@H]4O)[C@@H]3O)[C@@H](O)[C@@H]2O)[C@@H](O)[C@@H]1O. The molecule has 65 heavy (non-hydrogen) atoms. The molecule has 0 bridgehead atoms. The van der Waals surface area contributed by atoms with Gasteiger partial charge in [-0.1, -0.05) is 0 Å². The lowest BCUT2D eigenvalue weighted by molar-refractivity contribution is -0.270. The second kappa shape index (κ2) is 22.3. The molecule has 7 aliphatic rings. The van der Waals surface area contributed by atoms with Crippen LogP contribution in [-0.4, -0.2) is 302 Å². The molecular formula is C36H60O29. The van der Waals surface area contributed by atoms with Crippen molar-refractivity contribution >= 4 is 0 Å². The van der Waals surface area contributed by atoms with E-state index < -0.39 is 218 Å². The minimum atomic E-state index is -1.82. The van der Waals surface area contributed by atoms with Gasteiger partial charge in [0.1, 0.15) is 128 Å². The summed E-state index contributed by atoms with van der Waals surface area (Å²) in [6, 6.07) is 0. The summed E-state index contributed by atoms with van der Waals surface area (Å²) < 4.78 is 78.9. The molecule has 28 atom stereocenters. The minimum Gasteiger partial charge on any atom is -0.394 e. The van der Waals surface area contributed by atoms with Crippen LogP contribution in [0.15, 0.2) is 0 Å². The normalized spacial score (nSPS) is 52.4. The average molecular weight is 957 g/mol. The Morgan fingerprint density at radius 1 is 0.292 bits per heavy atom. The molecule has 0 aromatic carbocycles. The first-order valence-corrected chi connectivity index (χ1v) is 20.9. The van der Waals surface area contributed by atoms with Crippen LogP contribution in [0.1, 0.15) is 0 Å². The number of hydrogen-bond acceptors (Lipinski definition) is 29. The van der Waals surface area contributed by atoms with Crippen molar-refractivity contribution in [1.29, 1.82) is 0 Å². The zero-order chi connectivity index (χ0) is 47.0. The molecule has 7 rings (SSSR count). The lowest BCUT2D eigenvalue weighted by Crippen LogP contribution is -2.48. The van der Waals surface area contributed by atoms with Crippen LogP contribution >= 0.6 is 0 Å². The topological polar surface area (TPSA) is 433 Å². The second-order valence-electron chi connectivity index (χ2n) is 16.5. The average Bonchev–Trinajstić information content (AvgIpc) is 4.13. The summed E-state index contributed by atoms with van der Waals surface area (Å²) in [6.07, 6.45) is -42.5. The van der Waals surface area contributed by atoms with Crippen LogP contribution in [0.5, 0.6) is 0 Å². The molecule has 0 spiro atoms. The number of aliphatic hydroxyl groups is 15. The summed E-state index contributed by atoms with van der Waals surface area (Å²) in [5.74, 6) is 0. The van der Waals surface area contributed by atoms with Crippen LogP contribution in [0.4, 0.5) is 0 Å². The first-order valence-electron chi connectivity index (χ1n) is 20.9. The van der Waals surface area contributed by atoms with Crippen LogP contribution in [0.2, 0.25) is 0 Å². The van der Waals surface area contributed by atoms with Crippen LogP contribution in [0.25, 0.3) is 0 Å². The van der Waals surface area contributed by atoms with E-state index in [0.717, 1.165) is 0 Å². The van der Waals surface area contributed by atoms with E-state index in [2.05, 4.69) is 0 Å². The van der Waals surface area contributed by atoms with Crippen molar-refractivity contribution in [2.75, 3.05) is 53.4 Å². The molecule has 29 nitrogen and oxygen atoms in total. The number of ether oxygens (including phenoxy) is 14. The van der Waals surface area contributed by atoms with Crippen molar-refractivity contribution in [2.45, 2.75) is 172 Å². The summed E-state index contributed by atoms with van der Waals surface area (Å²) in [4.78, 5) is 0. The third kappa shape index (κ3) is 10.6. The van der Waals surface area contributed by atoms with Gasteiger partial charge in [-0.05, 0) is 0 Å². The van der Waals surface area contributed by atoms with Gasteiger partial charge in [0.25, 0.3) is 0 Å². The molecule has 7 fully saturated rings. The van der Waals surface area contributed by atoms with E-state index in [1.807, 2.05) is 0 Å². The maximum absolute atomic E-state index is 11.7. The summed E-state index contributed by atoms with van der Waals surface area (Å²) in [5, 5.41) is 156. The Balaban J connectivity index is 1.05. The molecule has 7 aliphatic heterocycles. The van der Waals surface area contributed by atoms with E-state index in [4.69, 9.17) is 66.3 Å². The lowest BCUT2D eigenvalue weighted by Gasteiger charge is -2.30. The van der Waals surface area contributed by atoms with E-state index in [9.17, 15) is 76.6 Å². The fourth-order valence-electron chi connectivity index (χ4n) is 8.41. The van der Waals surface area contributed by atoms with Crippen LogP contribution < -0.4 is 0 Å². The Bertz CT molecular complexity index is 1470. The van der Waals surface area contributed by atoms with Gasteiger partial charge in [-0.2, -0.15) is 0 Å². The Morgan fingerprint density at radius 2 is 0.600 bits per heavy atom. The highest BCUT2D eigenvalue weighted by atomic mass is 16.8. The molecular weight excluding hydrogens is 896 g/mol. The van der Waals surface area contributed by atoms with Gasteiger partial charge in [-0.15, -0.1) is 0 Å². The quantitative estimate of drug-likeness (QED) is 0.0539. The zero-order valence-corrected chi connectivity index (χ0v) is 34.5. The summed E-state index contributed by atoms with van der Waals surface area (Å²) in [6.45, 7) is -4.58. The number of methoxy groups -OCH3 is 1. The summed E-state index contributed by atoms with van der Waals surface area (Å²) in [7, 11) is 1.25. The van der Waals surface area contributed by atoms with Crippen LogP contribution in [-0.2, 0) is 66.3 Å². The zero-order valence-electron chi connectivity index (χ0n) is 34.5. The highest BCUT2D eigenvalue weighted by Gasteiger charge is 2.57. The van der Waals surface area contributed by atoms with Crippen LogP contribution in [0.3, 0.4) is 0 Å². The van der Waals surface area contributed by atoms with Crippen molar-refractivity contribution in [3.63, 3.8) is 0 Å². The van der Waals surface area contributed by atoms with E-state index in [-0.39, 0.29) is 0 Å².